The van der Waals surface area contributed by atoms with E-state index >= 15 is 0 Å². The molecule has 0 aliphatic heterocycles. The van der Waals surface area contributed by atoms with Crippen LogP contribution in [0.15, 0.2) is 60.9 Å². The maximum atomic E-state index is 13.8. The van der Waals surface area contributed by atoms with Crippen molar-refractivity contribution in [3.05, 3.63) is 72.1 Å². The number of ether oxygens (including phenoxy) is 1. The molecule has 40 heavy (non-hydrogen) atoms. The van der Waals surface area contributed by atoms with Crippen molar-refractivity contribution in [3.8, 4) is 11.5 Å². The third-order valence-corrected chi connectivity index (χ3v) is 16.8. The maximum absolute atomic E-state index is 13.8. The maximum Gasteiger partial charge on any atom is 0.336 e. The molecule has 2 aromatic rings. The standard InChI is InChI=1S/C31H46FNO5Si2/c1-29(2,3)39(8,9)37-25-18-17-23(21-26(25)38-40(10,11)30(4,5)6)22-31(19-20-32,28(35)36-7)33-27(34)24-15-13-12-14-16-24/h12-21H,22H2,1-11H3,(H,33,34)/b20-19-/t31-/m0/s1. The number of nitrogens with one attached hydrogen (secondary N) is 1. The predicted octanol–water partition coefficient (Wildman–Crippen LogP) is 7.82. The molecule has 0 aromatic heterocycles. The summed E-state index contributed by atoms with van der Waals surface area (Å²) >= 11 is 0. The van der Waals surface area contributed by atoms with Gasteiger partial charge in [0.15, 0.2) is 5.54 Å². The smallest absolute Gasteiger partial charge is 0.336 e. The first-order valence-electron chi connectivity index (χ1n) is 13.5. The van der Waals surface area contributed by atoms with Crippen LogP contribution >= 0.6 is 0 Å². The van der Waals surface area contributed by atoms with Gasteiger partial charge in [0.05, 0.1) is 13.4 Å². The van der Waals surface area contributed by atoms with Crippen LogP contribution in [0.1, 0.15) is 57.5 Å². The molecule has 0 fully saturated rings. The molecular formula is C31H46FNO5Si2. The summed E-state index contributed by atoms with van der Waals surface area (Å²) in [6.45, 7) is 21.6. The number of hydrogen-bond donors (Lipinski definition) is 1. The predicted molar refractivity (Wildman–Crippen MR) is 165 cm³/mol. The van der Waals surface area contributed by atoms with Crippen molar-refractivity contribution >= 4 is 28.5 Å². The highest BCUT2D eigenvalue weighted by Crippen LogP contribution is 2.44. The molecular weight excluding hydrogens is 542 g/mol. The topological polar surface area (TPSA) is 73.9 Å². The van der Waals surface area contributed by atoms with Gasteiger partial charge in [0.1, 0.15) is 11.5 Å². The molecule has 2 rings (SSSR count). The van der Waals surface area contributed by atoms with Gasteiger partial charge in [0.2, 0.25) is 0 Å². The average molecular weight is 588 g/mol. The van der Waals surface area contributed by atoms with Crippen molar-refractivity contribution in [1.82, 2.24) is 5.32 Å². The highest BCUT2D eigenvalue weighted by Gasteiger charge is 2.43. The Balaban J connectivity index is 2.63. The van der Waals surface area contributed by atoms with Gasteiger partial charge in [-0.15, -0.1) is 0 Å². The Hall–Kier alpha value is -2.92. The molecule has 0 aliphatic rings. The van der Waals surface area contributed by atoms with Crippen molar-refractivity contribution in [2.45, 2.75) is 89.8 Å². The lowest BCUT2D eigenvalue weighted by molar-refractivity contribution is -0.146. The second kappa shape index (κ2) is 12.3. The van der Waals surface area contributed by atoms with Crippen LogP contribution in [0.2, 0.25) is 36.3 Å². The van der Waals surface area contributed by atoms with Crippen LogP contribution < -0.4 is 14.2 Å². The first-order valence-corrected chi connectivity index (χ1v) is 19.3. The molecule has 0 heterocycles. The van der Waals surface area contributed by atoms with Crippen molar-refractivity contribution < 1.29 is 27.6 Å². The second-order valence-electron chi connectivity index (χ2n) is 13.3. The van der Waals surface area contributed by atoms with E-state index in [2.05, 4.69) is 73.0 Å². The fourth-order valence-electron chi connectivity index (χ4n) is 3.49. The average Bonchev–Trinajstić information content (AvgIpc) is 2.84. The molecule has 0 bridgehead atoms. The lowest BCUT2D eigenvalue weighted by atomic mass is 9.90. The normalized spacial score (nSPS) is 14.4. The van der Waals surface area contributed by atoms with Gasteiger partial charge in [0, 0.05) is 12.0 Å². The van der Waals surface area contributed by atoms with E-state index in [9.17, 15) is 14.0 Å². The fourth-order valence-corrected chi connectivity index (χ4v) is 5.53. The molecule has 220 valence electrons. The molecule has 1 amide bonds. The quantitative estimate of drug-likeness (QED) is 0.227. The van der Waals surface area contributed by atoms with E-state index in [1.54, 1.807) is 30.3 Å². The van der Waals surface area contributed by atoms with Crippen LogP contribution in [0.25, 0.3) is 0 Å². The minimum atomic E-state index is -2.29. The largest absolute Gasteiger partial charge is 0.541 e. The number of carbonyl (C=O) groups excluding carboxylic acids is 2. The Morgan fingerprint density at radius 3 is 1.85 bits per heavy atom. The van der Waals surface area contributed by atoms with E-state index in [1.807, 2.05) is 18.2 Å². The molecule has 2 aromatic carbocycles. The van der Waals surface area contributed by atoms with Crippen LogP contribution in [-0.4, -0.2) is 41.2 Å². The molecule has 0 radical (unpaired) electrons. The molecule has 6 nitrogen and oxygen atoms in total. The van der Waals surface area contributed by atoms with E-state index in [0.29, 0.717) is 22.6 Å². The first-order chi connectivity index (χ1) is 18.3. The Morgan fingerprint density at radius 2 is 1.38 bits per heavy atom. The van der Waals surface area contributed by atoms with Crippen molar-refractivity contribution in [3.63, 3.8) is 0 Å². The van der Waals surface area contributed by atoms with Gasteiger partial charge in [-0.25, -0.2) is 9.18 Å². The summed E-state index contributed by atoms with van der Waals surface area (Å²) < 4.78 is 32.2. The fraction of sp³-hybridized carbons (Fsp3) is 0.484. The molecule has 0 saturated carbocycles. The Labute approximate surface area is 241 Å². The van der Waals surface area contributed by atoms with Crippen LogP contribution in [0, 0.1) is 0 Å². The van der Waals surface area contributed by atoms with Crippen LogP contribution in [0.5, 0.6) is 11.5 Å². The number of hydrogen-bond acceptors (Lipinski definition) is 5. The number of carbonyl (C=O) groups is 2. The first kappa shape index (κ1) is 33.3. The van der Waals surface area contributed by atoms with Crippen LogP contribution in [0.4, 0.5) is 4.39 Å². The lowest BCUT2D eigenvalue weighted by Crippen LogP contribution is -2.55. The van der Waals surface area contributed by atoms with E-state index in [0.717, 1.165) is 6.08 Å². The number of halogens is 1. The third-order valence-electron chi connectivity index (χ3n) is 8.10. The monoisotopic (exact) mass is 587 g/mol. The number of rotatable bonds is 10. The Kier molecular flexibility index (Phi) is 10.2. The summed E-state index contributed by atoms with van der Waals surface area (Å²) in [5.41, 5.74) is -0.803. The number of methoxy groups -OCH3 is 1. The minimum Gasteiger partial charge on any atom is -0.541 e. The zero-order chi connectivity index (χ0) is 30.6. The Bertz CT molecular complexity index is 1220. The van der Waals surface area contributed by atoms with E-state index in [-0.39, 0.29) is 22.8 Å². The molecule has 0 aliphatic carbocycles. The highest BCUT2D eigenvalue weighted by atomic mass is 28.4. The van der Waals surface area contributed by atoms with Crippen molar-refractivity contribution in [1.29, 1.82) is 0 Å². The van der Waals surface area contributed by atoms with Crippen molar-refractivity contribution in [2.75, 3.05) is 7.11 Å². The number of amides is 1. The minimum absolute atomic E-state index is 0.0341. The molecule has 1 atom stereocenters. The lowest BCUT2D eigenvalue weighted by Gasteiger charge is -2.40. The van der Waals surface area contributed by atoms with Gasteiger partial charge in [-0.05, 0) is 72.2 Å². The summed E-state index contributed by atoms with van der Waals surface area (Å²) in [6, 6.07) is 13.9. The molecule has 0 spiro atoms. The second-order valence-corrected chi connectivity index (χ2v) is 22.7. The van der Waals surface area contributed by atoms with Crippen LogP contribution in [-0.2, 0) is 16.0 Å². The van der Waals surface area contributed by atoms with E-state index in [1.165, 1.54) is 7.11 Å². The summed E-state index contributed by atoms with van der Waals surface area (Å²) in [4.78, 5) is 26.2. The zero-order valence-electron chi connectivity index (χ0n) is 25.9. The van der Waals surface area contributed by atoms with Gasteiger partial charge in [0.25, 0.3) is 22.5 Å². The number of esters is 1. The zero-order valence-corrected chi connectivity index (χ0v) is 27.9. The molecule has 1 N–H and O–H groups in total. The Morgan fingerprint density at radius 1 is 0.850 bits per heavy atom. The number of benzene rings is 2. The summed E-state index contributed by atoms with van der Waals surface area (Å²) in [5.74, 6) is -0.108. The van der Waals surface area contributed by atoms with Crippen molar-refractivity contribution in [2.24, 2.45) is 0 Å². The highest BCUT2D eigenvalue weighted by molar-refractivity contribution is 6.75. The molecule has 0 unspecified atom stereocenters. The van der Waals surface area contributed by atoms with Gasteiger partial charge < -0.3 is 18.9 Å². The third kappa shape index (κ3) is 7.84. The van der Waals surface area contributed by atoms with Crippen LogP contribution in [0.3, 0.4) is 0 Å². The summed E-state index contributed by atoms with van der Waals surface area (Å²) in [6.07, 6.45) is 1.21. The van der Waals surface area contributed by atoms with Gasteiger partial charge in [-0.3, -0.25) is 4.79 Å². The van der Waals surface area contributed by atoms with Gasteiger partial charge in [-0.1, -0.05) is 65.8 Å². The van der Waals surface area contributed by atoms with E-state index < -0.39 is 34.1 Å². The summed E-state index contributed by atoms with van der Waals surface area (Å²) in [5, 5.41) is 2.60. The van der Waals surface area contributed by atoms with Gasteiger partial charge >= 0.3 is 5.97 Å². The molecule has 0 saturated heterocycles. The SMILES string of the molecule is COC(=O)[C@](/C=C\F)(Cc1ccc(O[Si](C)(C)C(C)(C)C)c(O[Si](C)(C)C(C)(C)C)c1)NC(=O)c1ccccc1. The van der Waals surface area contributed by atoms with E-state index in [4.69, 9.17) is 13.6 Å². The van der Waals surface area contributed by atoms with Gasteiger partial charge in [-0.2, -0.15) is 0 Å². The summed E-state index contributed by atoms with van der Waals surface area (Å²) in [7, 11) is -3.30. The molecule has 9 heteroatoms.